The van der Waals surface area contributed by atoms with Crippen LogP contribution >= 0.6 is 0 Å². The van der Waals surface area contributed by atoms with E-state index in [1.807, 2.05) is 6.92 Å². The summed E-state index contributed by atoms with van der Waals surface area (Å²) in [6.07, 6.45) is 4.30. The van der Waals surface area contributed by atoms with Crippen molar-refractivity contribution in [3.05, 3.63) is 0 Å². The van der Waals surface area contributed by atoms with E-state index in [-0.39, 0.29) is 29.6 Å². The highest BCUT2D eigenvalue weighted by Gasteiger charge is 2.35. The van der Waals surface area contributed by atoms with Gasteiger partial charge in [-0.3, -0.25) is 14.4 Å². The van der Waals surface area contributed by atoms with Crippen molar-refractivity contribution >= 4 is 17.7 Å². The molecule has 1 N–H and O–H groups in total. The van der Waals surface area contributed by atoms with Crippen molar-refractivity contribution in [1.29, 1.82) is 0 Å². The molecule has 1 amide bonds. The zero-order valence-electron chi connectivity index (χ0n) is 12.2. The Hall–Kier alpha value is -1.39. The highest BCUT2D eigenvalue weighted by atomic mass is 16.5. The maximum Gasteiger partial charge on any atom is 0.303 e. The molecule has 0 aliphatic heterocycles. The molecule has 2 aliphatic carbocycles. The van der Waals surface area contributed by atoms with Crippen LogP contribution in [0.4, 0.5) is 0 Å². The Morgan fingerprint density at radius 1 is 1.35 bits per heavy atom. The first-order valence-electron chi connectivity index (χ1n) is 7.47. The van der Waals surface area contributed by atoms with Crippen LogP contribution in [0.3, 0.4) is 0 Å². The van der Waals surface area contributed by atoms with Crippen LogP contribution in [0.1, 0.15) is 52.4 Å². The summed E-state index contributed by atoms with van der Waals surface area (Å²) in [5.41, 5.74) is 0. The fraction of sp³-hybridized carbons (Fsp3) is 0.800. The number of hydrogen-bond acceptors (Lipinski definition) is 4. The summed E-state index contributed by atoms with van der Waals surface area (Å²) in [6, 6.07) is 0.237. The molecule has 0 spiro atoms. The highest BCUT2D eigenvalue weighted by molar-refractivity contribution is 5.85. The van der Waals surface area contributed by atoms with E-state index in [0.29, 0.717) is 12.8 Å². The summed E-state index contributed by atoms with van der Waals surface area (Å²) in [7, 11) is 0. The third-order valence-electron chi connectivity index (χ3n) is 4.08. The van der Waals surface area contributed by atoms with Crippen molar-refractivity contribution < 1.29 is 19.1 Å². The Balaban J connectivity index is 1.94. The summed E-state index contributed by atoms with van der Waals surface area (Å²) in [5, 5.41) is 2.88. The molecular weight excluding hydrogens is 258 g/mol. The highest BCUT2D eigenvalue weighted by Crippen LogP contribution is 2.30. The maximum absolute atomic E-state index is 12.2. The third-order valence-corrected chi connectivity index (χ3v) is 4.08. The first-order chi connectivity index (χ1) is 9.47. The van der Waals surface area contributed by atoms with E-state index in [2.05, 4.69) is 5.32 Å². The number of Topliss-reactive ketones (excluding diaryl/α,β-unsaturated/α-hetero) is 1. The van der Waals surface area contributed by atoms with Gasteiger partial charge in [-0.25, -0.2) is 0 Å². The van der Waals surface area contributed by atoms with Crippen molar-refractivity contribution in [2.45, 2.75) is 64.5 Å². The molecule has 20 heavy (non-hydrogen) atoms. The SMILES string of the molecule is CC(=O)OC(C(=O)NC1CC1)[C@@H](C)C[C@@H]1CCCC1=O. The van der Waals surface area contributed by atoms with Gasteiger partial charge in [0.1, 0.15) is 5.78 Å². The minimum Gasteiger partial charge on any atom is -0.452 e. The second-order valence-electron chi connectivity index (χ2n) is 6.08. The molecule has 2 rings (SSSR count). The molecule has 0 aromatic heterocycles. The average Bonchev–Trinajstić information content (AvgIpc) is 3.09. The lowest BCUT2D eigenvalue weighted by atomic mass is 9.89. The second kappa shape index (κ2) is 6.37. The van der Waals surface area contributed by atoms with Crippen molar-refractivity contribution in [1.82, 2.24) is 5.32 Å². The Bertz CT molecular complexity index is 403. The van der Waals surface area contributed by atoms with Gasteiger partial charge in [0, 0.05) is 31.2 Å². The van der Waals surface area contributed by atoms with Gasteiger partial charge in [-0.15, -0.1) is 0 Å². The molecule has 5 heteroatoms. The first kappa shape index (κ1) is 15.0. The van der Waals surface area contributed by atoms with E-state index in [1.165, 1.54) is 6.92 Å². The normalized spacial score (nSPS) is 25.1. The minimum absolute atomic E-state index is 0.0248. The molecular formula is C15H23NO4. The van der Waals surface area contributed by atoms with E-state index in [9.17, 15) is 14.4 Å². The smallest absolute Gasteiger partial charge is 0.303 e. The molecule has 0 heterocycles. The number of ether oxygens (including phenoxy) is 1. The fourth-order valence-electron chi connectivity index (χ4n) is 2.83. The number of ketones is 1. The average molecular weight is 281 g/mol. The van der Waals surface area contributed by atoms with E-state index in [1.54, 1.807) is 0 Å². The van der Waals surface area contributed by atoms with E-state index >= 15 is 0 Å². The number of hydrogen-bond donors (Lipinski definition) is 1. The summed E-state index contributed by atoms with van der Waals surface area (Å²) in [6.45, 7) is 3.19. The van der Waals surface area contributed by atoms with Crippen molar-refractivity contribution in [2.75, 3.05) is 0 Å². The summed E-state index contributed by atoms with van der Waals surface area (Å²) in [4.78, 5) is 35.1. The van der Waals surface area contributed by atoms with Gasteiger partial charge in [-0.1, -0.05) is 6.92 Å². The van der Waals surface area contributed by atoms with Gasteiger partial charge in [0.25, 0.3) is 5.91 Å². The predicted octanol–water partition coefficient (Wildman–Crippen LogP) is 1.59. The Morgan fingerprint density at radius 2 is 2.05 bits per heavy atom. The Labute approximate surface area is 119 Å². The number of esters is 1. The zero-order chi connectivity index (χ0) is 14.7. The Kier molecular flexibility index (Phi) is 4.78. The Morgan fingerprint density at radius 3 is 2.55 bits per heavy atom. The van der Waals surface area contributed by atoms with Gasteiger partial charge in [-0.05, 0) is 32.1 Å². The molecule has 0 saturated heterocycles. The van der Waals surface area contributed by atoms with Crippen LogP contribution in [0.2, 0.25) is 0 Å². The summed E-state index contributed by atoms with van der Waals surface area (Å²) in [5.74, 6) is -0.506. The fourth-order valence-corrected chi connectivity index (χ4v) is 2.83. The summed E-state index contributed by atoms with van der Waals surface area (Å²) >= 11 is 0. The van der Waals surface area contributed by atoms with Gasteiger partial charge in [0.2, 0.25) is 0 Å². The van der Waals surface area contributed by atoms with Crippen LogP contribution in [-0.2, 0) is 19.1 Å². The number of rotatable bonds is 6. The number of amides is 1. The molecule has 0 aromatic rings. The lowest BCUT2D eigenvalue weighted by Crippen LogP contribution is -2.43. The number of carbonyl (C=O) groups excluding carboxylic acids is 3. The molecule has 0 bridgehead atoms. The second-order valence-corrected chi connectivity index (χ2v) is 6.08. The van der Waals surface area contributed by atoms with Gasteiger partial charge in [0.05, 0.1) is 0 Å². The standard InChI is InChI=1S/C15H23NO4/c1-9(8-11-4-3-5-13(11)18)14(20-10(2)17)15(19)16-12-6-7-12/h9,11-12,14H,3-8H2,1-2H3,(H,16,19)/t9-,11-,14?/m0/s1. The molecule has 0 aromatic carbocycles. The molecule has 1 unspecified atom stereocenters. The van der Waals surface area contributed by atoms with Crippen molar-refractivity contribution in [3.63, 3.8) is 0 Å². The third kappa shape index (κ3) is 4.05. The molecule has 112 valence electrons. The number of carbonyl (C=O) groups is 3. The lowest BCUT2D eigenvalue weighted by molar-refractivity contribution is -0.157. The monoisotopic (exact) mass is 281 g/mol. The lowest BCUT2D eigenvalue weighted by Gasteiger charge is -2.24. The van der Waals surface area contributed by atoms with Crippen LogP contribution in [0.5, 0.6) is 0 Å². The van der Waals surface area contributed by atoms with Crippen LogP contribution in [0, 0.1) is 11.8 Å². The van der Waals surface area contributed by atoms with Gasteiger partial charge < -0.3 is 10.1 Å². The van der Waals surface area contributed by atoms with Crippen LogP contribution in [0.15, 0.2) is 0 Å². The molecule has 2 saturated carbocycles. The quantitative estimate of drug-likeness (QED) is 0.750. The topological polar surface area (TPSA) is 72.5 Å². The zero-order valence-corrected chi connectivity index (χ0v) is 12.2. The molecule has 3 atom stereocenters. The minimum atomic E-state index is -0.776. The molecule has 2 fully saturated rings. The summed E-state index contributed by atoms with van der Waals surface area (Å²) < 4.78 is 5.19. The van der Waals surface area contributed by atoms with Crippen LogP contribution in [0.25, 0.3) is 0 Å². The van der Waals surface area contributed by atoms with E-state index in [0.717, 1.165) is 25.7 Å². The van der Waals surface area contributed by atoms with Gasteiger partial charge in [0.15, 0.2) is 6.10 Å². The van der Waals surface area contributed by atoms with Crippen LogP contribution < -0.4 is 5.32 Å². The van der Waals surface area contributed by atoms with Crippen molar-refractivity contribution in [3.8, 4) is 0 Å². The molecule has 5 nitrogen and oxygen atoms in total. The van der Waals surface area contributed by atoms with Crippen LogP contribution in [-0.4, -0.2) is 29.8 Å². The largest absolute Gasteiger partial charge is 0.452 e. The molecule has 2 aliphatic rings. The first-order valence-corrected chi connectivity index (χ1v) is 7.47. The van der Waals surface area contributed by atoms with Crippen molar-refractivity contribution in [2.24, 2.45) is 11.8 Å². The number of nitrogens with one attached hydrogen (secondary N) is 1. The predicted molar refractivity (Wildman–Crippen MR) is 72.8 cm³/mol. The van der Waals surface area contributed by atoms with E-state index < -0.39 is 12.1 Å². The molecule has 0 radical (unpaired) electrons. The van der Waals surface area contributed by atoms with Gasteiger partial charge in [-0.2, -0.15) is 0 Å². The van der Waals surface area contributed by atoms with E-state index in [4.69, 9.17) is 4.74 Å². The van der Waals surface area contributed by atoms with Gasteiger partial charge >= 0.3 is 5.97 Å². The maximum atomic E-state index is 12.2.